The van der Waals surface area contributed by atoms with E-state index >= 15 is 0 Å². The summed E-state index contributed by atoms with van der Waals surface area (Å²) in [6.07, 6.45) is -2.05. The molecule has 0 radical (unpaired) electrons. The number of carbonyl (C=O) groups excluding carboxylic acids is 3. The van der Waals surface area contributed by atoms with Crippen molar-refractivity contribution in [1.29, 1.82) is 0 Å². The highest BCUT2D eigenvalue weighted by Gasteiger charge is 2.27. The van der Waals surface area contributed by atoms with Gasteiger partial charge in [0.2, 0.25) is 0 Å². The highest BCUT2D eigenvalue weighted by Crippen LogP contribution is 2.08. The van der Waals surface area contributed by atoms with E-state index in [2.05, 4.69) is 19.7 Å². The summed E-state index contributed by atoms with van der Waals surface area (Å²) in [4.78, 5) is 73.0. The van der Waals surface area contributed by atoms with Gasteiger partial charge in [-0.1, -0.05) is 19.7 Å². The van der Waals surface area contributed by atoms with E-state index in [4.69, 9.17) is 14.2 Å². The number of ether oxygens (including phenoxy) is 3. The highest BCUT2D eigenvalue weighted by atomic mass is 16.6. The fraction of sp³-hybridized carbons (Fsp3) is 0.333. The van der Waals surface area contributed by atoms with Crippen molar-refractivity contribution >= 4 is 17.9 Å². The summed E-state index contributed by atoms with van der Waals surface area (Å²) in [5, 5.41) is 0. The van der Waals surface area contributed by atoms with Gasteiger partial charge in [-0.3, -0.25) is 0 Å². The number of hydrogen-bond donors (Lipinski definition) is 0. The maximum Gasteiger partial charge on any atom is 0.342 e. The SMILES string of the molecule is C=CC(=O)OC(C)n1c(=O)n(C(C)OC(=O)C=C)c(=O)n(C(C)OC(=O)C=C)c1=O. The number of hydrogen-bond acceptors (Lipinski definition) is 9. The van der Waals surface area contributed by atoms with E-state index in [1.165, 1.54) is 20.8 Å². The maximum absolute atomic E-state index is 12.8. The van der Waals surface area contributed by atoms with E-state index in [0.29, 0.717) is 13.7 Å². The Kier molecular flexibility index (Phi) is 8.03. The van der Waals surface area contributed by atoms with Crippen LogP contribution in [0.3, 0.4) is 0 Å². The van der Waals surface area contributed by atoms with Gasteiger partial charge in [0.25, 0.3) is 0 Å². The molecule has 162 valence electrons. The van der Waals surface area contributed by atoms with Crippen LogP contribution in [0.2, 0.25) is 0 Å². The van der Waals surface area contributed by atoms with E-state index in [0.717, 1.165) is 18.2 Å². The molecule has 0 saturated carbocycles. The molecule has 1 heterocycles. The van der Waals surface area contributed by atoms with Crippen LogP contribution >= 0.6 is 0 Å². The van der Waals surface area contributed by atoms with Crippen molar-refractivity contribution in [3.8, 4) is 0 Å². The summed E-state index contributed by atoms with van der Waals surface area (Å²) in [5.41, 5.74) is -3.72. The van der Waals surface area contributed by atoms with E-state index in [9.17, 15) is 28.8 Å². The summed E-state index contributed by atoms with van der Waals surface area (Å²) >= 11 is 0. The van der Waals surface area contributed by atoms with E-state index in [-0.39, 0.29) is 0 Å². The van der Waals surface area contributed by atoms with Gasteiger partial charge in [-0.25, -0.2) is 42.5 Å². The minimum absolute atomic E-state index is 0.416. The maximum atomic E-state index is 12.8. The molecule has 0 amide bonds. The van der Waals surface area contributed by atoms with Crippen molar-refractivity contribution in [3.63, 3.8) is 0 Å². The van der Waals surface area contributed by atoms with Gasteiger partial charge in [-0.05, 0) is 20.8 Å². The molecule has 0 aliphatic carbocycles. The topological polar surface area (TPSA) is 145 Å². The average Bonchev–Trinajstić information content (AvgIpc) is 2.67. The van der Waals surface area contributed by atoms with Gasteiger partial charge in [0.15, 0.2) is 18.7 Å². The molecular formula is C18H21N3O9. The molecule has 0 aromatic carbocycles. The van der Waals surface area contributed by atoms with Crippen LogP contribution in [0.25, 0.3) is 0 Å². The largest absolute Gasteiger partial charge is 0.438 e. The first kappa shape index (κ1) is 24.1. The van der Waals surface area contributed by atoms with Crippen LogP contribution in [0.5, 0.6) is 0 Å². The Hall–Kier alpha value is -3.96. The zero-order valence-corrected chi connectivity index (χ0v) is 16.6. The second kappa shape index (κ2) is 10.0. The summed E-state index contributed by atoms with van der Waals surface area (Å²) in [7, 11) is 0. The molecule has 3 unspecified atom stereocenters. The van der Waals surface area contributed by atoms with Crippen molar-refractivity contribution in [1.82, 2.24) is 13.7 Å². The summed E-state index contributed by atoms with van der Waals surface area (Å²) in [6, 6.07) is 0. The van der Waals surface area contributed by atoms with Crippen LogP contribution in [-0.4, -0.2) is 31.6 Å². The fourth-order valence-corrected chi connectivity index (χ4v) is 2.33. The van der Waals surface area contributed by atoms with Crippen molar-refractivity contribution in [2.75, 3.05) is 0 Å². The molecule has 3 atom stereocenters. The molecular weight excluding hydrogens is 402 g/mol. The Morgan fingerprint density at radius 3 is 1.00 bits per heavy atom. The Morgan fingerprint density at radius 2 is 0.833 bits per heavy atom. The zero-order chi connectivity index (χ0) is 23.2. The minimum Gasteiger partial charge on any atom is -0.438 e. The number of esters is 3. The summed E-state index contributed by atoms with van der Waals surface area (Å²) in [6.45, 7) is 13.2. The standard InChI is InChI=1S/C18H21N3O9/c1-7-13(22)28-10(4)19-16(25)20(11(5)29-14(23)8-2)18(27)21(17(19)26)12(6)30-15(24)9-3/h7-12H,1-3H2,4-6H3. The molecule has 0 bridgehead atoms. The first-order chi connectivity index (χ1) is 14.0. The lowest BCUT2D eigenvalue weighted by Crippen LogP contribution is -2.57. The molecule has 0 spiro atoms. The van der Waals surface area contributed by atoms with Gasteiger partial charge < -0.3 is 14.2 Å². The predicted octanol–water partition coefficient (Wildman–Crippen LogP) is -0.0852. The molecule has 12 heteroatoms. The Balaban J connectivity index is 3.82. The molecule has 1 aromatic heterocycles. The molecule has 0 fully saturated rings. The van der Waals surface area contributed by atoms with Crippen LogP contribution < -0.4 is 17.1 Å². The van der Waals surface area contributed by atoms with Crippen LogP contribution in [0.15, 0.2) is 52.3 Å². The predicted molar refractivity (Wildman–Crippen MR) is 102 cm³/mol. The van der Waals surface area contributed by atoms with E-state index in [1.54, 1.807) is 0 Å². The van der Waals surface area contributed by atoms with Crippen LogP contribution in [0.4, 0.5) is 0 Å². The first-order valence-corrected chi connectivity index (χ1v) is 8.48. The zero-order valence-electron chi connectivity index (χ0n) is 16.6. The molecule has 30 heavy (non-hydrogen) atoms. The quantitative estimate of drug-likeness (QED) is 0.302. The molecule has 0 N–H and O–H groups in total. The summed E-state index contributed by atoms with van der Waals surface area (Å²) < 4.78 is 15.9. The Bertz CT molecular complexity index is 897. The van der Waals surface area contributed by atoms with Crippen LogP contribution in [0, 0.1) is 0 Å². The number of rotatable bonds is 9. The van der Waals surface area contributed by atoms with Gasteiger partial charge in [0, 0.05) is 18.2 Å². The van der Waals surface area contributed by atoms with Gasteiger partial charge in [0.05, 0.1) is 0 Å². The Labute approximate surface area is 169 Å². The lowest BCUT2D eigenvalue weighted by molar-refractivity contribution is -0.148. The smallest absolute Gasteiger partial charge is 0.342 e. The van der Waals surface area contributed by atoms with Gasteiger partial charge >= 0.3 is 35.0 Å². The molecule has 0 aliphatic heterocycles. The molecule has 1 rings (SSSR count). The molecule has 1 aromatic rings. The number of carbonyl (C=O) groups is 3. The average molecular weight is 423 g/mol. The normalized spacial score (nSPS) is 13.3. The molecule has 0 saturated heterocycles. The third kappa shape index (κ3) is 5.10. The van der Waals surface area contributed by atoms with Crippen molar-refractivity contribution < 1.29 is 28.6 Å². The van der Waals surface area contributed by atoms with Crippen molar-refractivity contribution in [2.24, 2.45) is 0 Å². The van der Waals surface area contributed by atoms with Gasteiger partial charge in [0.1, 0.15) is 0 Å². The lowest BCUT2D eigenvalue weighted by atomic mass is 10.5. The Morgan fingerprint density at radius 1 is 0.633 bits per heavy atom. The van der Waals surface area contributed by atoms with Crippen molar-refractivity contribution in [3.05, 3.63) is 69.4 Å². The second-order valence-electron chi connectivity index (χ2n) is 5.68. The number of aromatic nitrogens is 3. The molecule has 12 nitrogen and oxygen atoms in total. The van der Waals surface area contributed by atoms with Gasteiger partial charge in [-0.2, -0.15) is 0 Å². The van der Waals surface area contributed by atoms with Crippen LogP contribution in [0.1, 0.15) is 39.5 Å². The second-order valence-corrected chi connectivity index (χ2v) is 5.68. The van der Waals surface area contributed by atoms with Crippen molar-refractivity contribution in [2.45, 2.75) is 39.5 Å². The third-order valence-corrected chi connectivity index (χ3v) is 3.69. The van der Waals surface area contributed by atoms with Gasteiger partial charge in [-0.15, -0.1) is 0 Å². The third-order valence-electron chi connectivity index (χ3n) is 3.69. The van der Waals surface area contributed by atoms with E-state index in [1.807, 2.05) is 0 Å². The number of nitrogens with zero attached hydrogens (tertiary/aromatic N) is 3. The summed E-state index contributed by atoms with van der Waals surface area (Å²) in [5.74, 6) is -2.85. The molecule has 0 aliphatic rings. The lowest BCUT2D eigenvalue weighted by Gasteiger charge is -2.22. The minimum atomic E-state index is -1.49. The van der Waals surface area contributed by atoms with Crippen LogP contribution in [-0.2, 0) is 28.6 Å². The fourth-order valence-electron chi connectivity index (χ4n) is 2.33. The monoisotopic (exact) mass is 423 g/mol. The van der Waals surface area contributed by atoms with E-state index < -0.39 is 53.7 Å². The first-order valence-electron chi connectivity index (χ1n) is 8.48. The highest BCUT2D eigenvalue weighted by molar-refractivity contribution is 5.81.